The van der Waals surface area contributed by atoms with Crippen molar-refractivity contribution in [2.45, 2.75) is 32.1 Å². The van der Waals surface area contributed by atoms with E-state index in [2.05, 4.69) is 0 Å². The third-order valence-electron chi connectivity index (χ3n) is 1.41. The molecule has 0 heterocycles. The summed E-state index contributed by atoms with van der Waals surface area (Å²) in [6.07, 6.45) is 5.24. The van der Waals surface area contributed by atoms with Crippen molar-refractivity contribution in [3.63, 3.8) is 0 Å². The molecule has 0 aromatic carbocycles. The standard InChI is InChI=1S/C6H10O.NO3/c7-6-4-2-1-3-5-6;2-1(3)4/h1-5H2;/q;-1. The number of carbonyl (C=O) groups excluding carboxylic acids is 1. The van der Waals surface area contributed by atoms with Gasteiger partial charge < -0.3 is 15.3 Å². The molecule has 0 radical (unpaired) electrons. The first-order chi connectivity index (χ1) is 5.13. The lowest BCUT2D eigenvalue weighted by molar-refractivity contribution is -0.402. The molecule has 0 bridgehead atoms. The van der Waals surface area contributed by atoms with Crippen molar-refractivity contribution in [2.24, 2.45) is 0 Å². The number of hydrogen-bond donors (Lipinski definition) is 0. The molecule has 0 saturated heterocycles. The Morgan fingerprint density at radius 3 is 1.64 bits per heavy atom. The van der Waals surface area contributed by atoms with Crippen molar-refractivity contribution in [1.82, 2.24) is 0 Å². The van der Waals surface area contributed by atoms with E-state index in [1.165, 1.54) is 6.42 Å². The first-order valence-electron chi connectivity index (χ1n) is 3.46. The molecule has 0 unspecified atom stereocenters. The summed E-state index contributed by atoms with van der Waals surface area (Å²) in [5.74, 6) is 0.464. The maximum atomic E-state index is 10.5. The maximum Gasteiger partial charge on any atom is 0.132 e. The van der Waals surface area contributed by atoms with E-state index in [0.717, 1.165) is 25.7 Å². The number of Topliss-reactive ketones (excluding diaryl/α,β-unsaturated/α-hetero) is 1. The molecule has 0 amide bonds. The van der Waals surface area contributed by atoms with Crippen molar-refractivity contribution in [2.75, 3.05) is 0 Å². The molecule has 5 heteroatoms. The Balaban J connectivity index is 0.000000218. The molecule has 0 aromatic heterocycles. The van der Waals surface area contributed by atoms with Crippen LogP contribution in [-0.2, 0) is 4.79 Å². The second-order valence-electron chi connectivity index (χ2n) is 2.32. The van der Waals surface area contributed by atoms with Crippen LogP contribution >= 0.6 is 0 Å². The molecule has 0 aromatic rings. The maximum absolute atomic E-state index is 10.5. The van der Waals surface area contributed by atoms with E-state index >= 15 is 0 Å². The zero-order chi connectivity index (χ0) is 8.69. The fourth-order valence-corrected chi connectivity index (χ4v) is 0.946. The van der Waals surface area contributed by atoms with Crippen molar-refractivity contribution in [1.29, 1.82) is 0 Å². The van der Waals surface area contributed by atoms with E-state index in [4.69, 9.17) is 15.3 Å². The van der Waals surface area contributed by atoms with E-state index in [0.29, 0.717) is 5.78 Å². The van der Waals surface area contributed by atoms with Gasteiger partial charge in [-0.25, -0.2) is 0 Å². The summed E-state index contributed by atoms with van der Waals surface area (Å²) < 4.78 is 0. The largest absolute Gasteiger partial charge is 0.356 e. The first-order valence-corrected chi connectivity index (χ1v) is 3.46. The van der Waals surface area contributed by atoms with Crippen LogP contribution in [0.5, 0.6) is 0 Å². The topological polar surface area (TPSA) is 83.3 Å². The van der Waals surface area contributed by atoms with Crippen LogP contribution in [0.1, 0.15) is 32.1 Å². The molecule has 1 aliphatic rings. The second-order valence-corrected chi connectivity index (χ2v) is 2.32. The predicted molar refractivity (Wildman–Crippen MR) is 38.5 cm³/mol. The highest BCUT2D eigenvalue weighted by atomic mass is 16.9. The van der Waals surface area contributed by atoms with E-state index in [9.17, 15) is 4.79 Å². The highest BCUT2D eigenvalue weighted by molar-refractivity contribution is 5.78. The molecule has 64 valence electrons. The van der Waals surface area contributed by atoms with E-state index in [1.54, 1.807) is 0 Å². The van der Waals surface area contributed by atoms with E-state index in [-0.39, 0.29) is 0 Å². The van der Waals surface area contributed by atoms with Gasteiger partial charge in [-0.3, -0.25) is 4.79 Å². The minimum atomic E-state index is -1.75. The van der Waals surface area contributed by atoms with Crippen LogP contribution < -0.4 is 0 Å². The summed E-state index contributed by atoms with van der Waals surface area (Å²) in [6.45, 7) is 0. The molecule has 1 saturated carbocycles. The zero-order valence-corrected chi connectivity index (χ0v) is 6.12. The van der Waals surface area contributed by atoms with E-state index < -0.39 is 5.09 Å². The fraction of sp³-hybridized carbons (Fsp3) is 0.833. The van der Waals surface area contributed by atoms with Crippen molar-refractivity contribution < 1.29 is 9.88 Å². The summed E-state index contributed by atoms with van der Waals surface area (Å²) in [5, 5.41) is 14.8. The summed E-state index contributed by atoms with van der Waals surface area (Å²) in [5.41, 5.74) is 0. The van der Waals surface area contributed by atoms with Crippen molar-refractivity contribution in [3.05, 3.63) is 15.3 Å². The third-order valence-corrected chi connectivity index (χ3v) is 1.41. The number of ketones is 1. The molecule has 1 rings (SSSR count). The normalized spacial score (nSPS) is 16.5. The monoisotopic (exact) mass is 160 g/mol. The molecule has 0 spiro atoms. The average Bonchev–Trinajstić information content (AvgIpc) is 1.87. The van der Waals surface area contributed by atoms with Crippen molar-refractivity contribution in [3.8, 4) is 0 Å². The van der Waals surface area contributed by atoms with Gasteiger partial charge >= 0.3 is 0 Å². The fourth-order valence-electron chi connectivity index (χ4n) is 0.946. The highest BCUT2D eigenvalue weighted by Crippen LogP contribution is 2.12. The number of nitrogens with zero attached hydrogens (tertiary/aromatic N) is 1. The SMILES string of the molecule is O=C1CCCCC1.O=[N+]([O-])[O-]. The Hall–Kier alpha value is -1.13. The molecule has 1 aliphatic carbocycles. The molecule has 0 atom stereocenters. The summed E-state index contributed by atoms with van der Waals surface area (Å²) in [6, 6.07) is 0. The minimum Gasteiger partial charge on any atom is -0.356 e. The minimum absolute atomic E-state index is 0.464. The Labute approximate surface area is 64.1 Å². The second kappa shape index (κ2) is 5.64. The molecular formula is C6H10NO4-. The van der Waals surface area contributed by atoms with Crippen LogP contribution in [-0.4, -0.2) is 10.9 Å². The van der Waals surface area contributed by atoms with Crippen LogP contribution in [0.3, 0.4) is 0 Å². The van der Waals surface area contributed by atoms with Gasteiger partial charge in [0.15, 0.2) is 0 Å². The molecule has 11 heavy (non-hydrogen) atoms. The van der Waals surface area contributed by atoms with Gasteiger partial charge in [-0.1, -0.05) is 6.42 Å². The number of rotatable bonds is 0. The van der Waals surface area contributed by atoms with Gasteiger partial charge in [-0.15, -0.1) is 0 Å². The zero-order valence-electron chi connectivity index (χ0n) is 6.12. The van der Waals surface area contributed by atoms with Gasteiger partial charge in [-0.05, 0) is 12.8 Å². The summed E-state index contributed by atoms with van der Waals surface area (Å²) >= 11 is 0. The highest BCUT2D eigenvalue weighted by Gasteiger charge is 2.05. The molecule has 0 N–H and O–H groups in total. The predicted octanol–water partition coefficient (Wildman–Crippen LogP) is 1.28. The van der Waals surface area contributed by atoms with Crippen molar-refractivity contribution >= 4 is 5.78 Å². The lowest BCUT2D eigenvalue weighted by atomic mass is 10.00. The Morgan fingerprint density at radius 2 is 1.45 bits per heavy atom. The van der Waals surface area contributed by atoms with Gasteiger partial charge in [-0.2, -0.15) is 0 Å². The summed E-state index contributed by atoms with van der Waals surface area (Å²) in [7, 11) is 0. The van der Waals surface area contributed by atoms with Gasteiger partial charge in [0.1, 0.15) is 5.78 Å². The average molecular weight is 160 g/mol. The quantitative estimate of drug-likeness (QED) is 0.394. The third kappa shape index (κ3) is 8.87. The van der Waals surface area contributed by atoms with Gasteiger partial charge in [0, 0.05) is 12.8 Å². The van der Waals surface area contributed by atoms with Gasteiger partial charge in [0.2, 0.25) is 0 Å². The van der Waals surface area contributed by atoms with Gasteiger partial charge in [0.05, 0.1) is 5.09 Å². The smallest absolute Gasteiger partial charge is 0.132 e. The Kier molecular flexibility index (Phi) is 5.06. The lowest BCUT2D eigenvalue weighted by Crippen LogP contribution is -2.02. The molecule has 0 aliphatic heterocycles. The number of hydrogen-bond acceptors (Lipinski definition) is 4. The Bertz CT molecular complexity index is 134. The first kappa shape index (κ1) is 9.87. The molecule has 1 fully saturated rings. The van der Waals surface area contributed by atoms with Crippen LogP contribution in [0.2, 0.25) is 0 Å². The van der Waals surface area contributed by atoms with Crippen LogP contribution in [0.25, 0.3) is 0 Å². The van der Waals surface area contributed by atoms with Crippen LogP contribution in [0, 0.1) is 15.3 Å². The van der Waals surface area contributed by atoms with Crippen LogP contribution in [0.4, 0.5) is 0 Å². The molecule has 5 nitrogen and oxygen atoms in total. The number of carbonyl (C=O) groups is 1. The van der Waals surface area contributed by atoms with E-state index in [1.807, 2.05) is 0 Å². The Morgan fingerprint density at radius 1 is 1.09 bits per heavy atom. The summed E-state index contributed by atoms with van der Waals surface area (Å²) in [4.78, 5) is 18.7. The van der Waals surface area contributed by atoms with Gasteiger partial charge in [0.25, 0.3) is 0 Å². The molecular weight excluding hydrogens is 150 g/mol. The van der Waals surface area contributed by atoms with Crippen LogP contribution in [0.15, 0.2) is 0 Å². The lowest BCUT2D eigenvalue weighted by Gasteiger charge is -2.05.